The maximum absolute atomic E-state index is 13.8. The van der Waals surface area contributed by atoms with Gasteiger partial charge in [0.25, 0.3) is 0 Å². The fraction of sp³-hybridized carbons (Fsp3) is 0.500. The molecule has 0 spiro atoms. The lowest BCUT2D eigenvalue weighted by molar-refractivity contribution is 0.498. The molecule has 1 nitrogen and oxygen atoms in total. The van der Waals surface area contributed by atoms with E-state index in [9.17, 15) is 8.78 Å². The molecule has 15 heavy (non-hydrogen) atoms. The van der Waals surface area contributed by atoms with E-state index < -0.39 is 11.6 Å². The molecule has 2 atom stereocenters. The Bertz CT molecular complexity index is 376. The standard InChI is InChI=1S/C12H15F2N/c1-7-5-6-9(13)11(12(7)14)8-3-2-4-10(8)15/h5-6,8,10H,2-4,15H2,1H3. The van der Waals surface area contributed by atoms with E-state index in [2.05, 4.69) is 0 Å². The van der Waals surface area contributed by atoms with E-state index in [0.717, 1.165) is 19.3 Å². The summed E-state index contributed by atoms with van der Waals surface area (Å²) < 4.78 is 27.4. The molecule has 0 aliphatic heterocycles. The summed E-state index contributed by atoms with van der Waals surface area (Å²) in [6, 6.07) is 2.70. The fourth-order valence-electron chi connectivity index (χ4n) is 2.37. The van der Waals surface area contributed by atoms with Crippen molar-refractivity contribution in [1.82, 2.24) is 0 Å². The Hall–Kier alpha value is -0.960. The predicted molar refractivity (Wildman–Crippen MR) is 55.7 cm³/mol. The number of hydrogen-bond acceptors (Lipinski definition) is 1. The highest BCUT2D eigenvalue weighted by Crippen LogP contribution is 2.36. The first-order valence-corrected chi connectivity index (χ1v) is 5.31. The zero-order chi connectivity index (χ0) is 11.0. The maximum atomic E-state index is 13.8. The van der Waals surface area contributed by atoms with E-state index in [-0.39, 0.29) is 17.5 Å². The van der Waals surface area contributed by atoms with Crippen molar-refractivity contribution in [2.75, 3.05) is 0 Å². The van der Waals surface area contributed by atoms with Gasteiger partial charge in [0, 0.05) is 17.5 Å². The van der Waals surface area contributed by atoms with Crippen LogP contribution in [0.5, 0.6) is 0 Å². The van der Waals surface area contributed by atoms with Gasteiger partial charge in [-0.1, -0.05) is 12.5 Å². The van der Waals surface area contributed by atoms with Crippen LogP contribution in [0.4, 0.5) is 8.78 Å². The van der Waals surface area contributed by atoms with Gasteiger partial charge < -0.3 is 5.73 Å². The second kappa shape index (κ2) is 3.89. The number of rotatable bonds is 1. The summed E-state index contributed by atoms with van der Waals surface area (Å²) in [7, 11) is 0. The summed E-state index contributed by atoms with van der Waals surface area (Å²) in [6.07, 6.45) is 2.61. The van der Waals surface area contributed by atoms with Crippen LogP contribution in [-0.4, -0.2) is 6.04 Å². The molecule has 2 N–H and O–H groups in total. The van der Waals surface area contributed by atoms with Crippen molar-refractivity contribution in [3.63, 3.8) is 0 Å². The van der Waals surface area contributed by atoms with Crippen molar-refractivity contribution in [2.24, 2.45) is 5.73 Å². The largest absolute Gasteiger partial charge is 0.327 e. The lowest BCUT2D eigenvalue weighted by atomic mass is 9.92. The molecule has 0 amide bonds. The monoisotopic (exact) mass is 211 g/mol. The second-order valence-corrected chi connectivity index (χ2v) is 4.29. The van der Waals surface area contributed by atoms with Gasteiger partial charge >= 0.3 is 0 Å². The second-order valence-electron chi connectivity index (χ2n) is 4.29. The Morgan fingerprint density at radius 3 is 2.60 bits per heavy atom. The van der Waals surface area contributed by atoms with Crippen molar-refractivity contribution < 1.29 is 8.78 Å². The zero-order valence-corrected chi connectivity index (χ0v) is 8.76. The third-order valence-electron chi connectivity index (χ3n) is 3.26. The SMILES string of the molecule is Cc1ccc(F)c(C2CCCC2N)c1F. The van der Waals surface area contributed by atoms with E-state index in [4.69, 9.17) is 5.73 Å². The Morgan fingerprint density at radius 2 is 2.00 bits per heavy atom. The summed E-state index contributed by atoms with van der Waals surface area (Å²) in [6.45, 7) is 1.65. The molecule has 1 aromatic rings. The van der Waals surface area contributed by atoms with Gasteiger partial charge in [0.2, 0.25) is 0 Å². The van der Waals surface area contributed by atoms with Crippen molar-refractivity contribution in [2.45, 2.75) is 38.1 Å². The molecule has 2 unspecified atom stereocenters. The van der Waals surface area contributed by atoms with Gasteiger partial charge in [-0.25, -0.2) is 8.78 Å². The number of hydrogen-bond donors (Lipinski definition) is 1. The molecule has 0 radical (unpaired) electrons. The van der Waals surface area contributed by atoms with Crippen LogP contribution in [-0.2, 0) is 0 Å². The highest BCUT2D eigenvalue weighted by atomic mass is 19.1. The van der Waals surface area contributed by atoms with Crippen LogP contribution in [0.2, 0.25) is 0 Å². The molecule has 0 aromatic heterocycles. The third kappa shape index (κ3) is 1.76. The lowest BCUT2D eigenvalue weighted by Crippen LogP contribution is -2.24. The Balaban J connectivity index is 2.46. The number of aryl methyl sites for hydroxylation is 1. The van der Waals surface area contributed by atoms with Gasteiger partial charge in [-0.05, 0) is 31.4 Å². The highest BCUT2D eigenvalue weighted by molar-refractivity contribution is 5.31. The third-order valence-corrected chi connectivity index (χ3v) is 3.26. The predicted octanol–water partition coefficient (Wildman–Crippen LogP) is 2.87. The van der Waals surface area contributed by atoms with Gasteiger partial charge in [-0.15, -0.1) is 0 Å². The number of nitrogens with two attached hydrogens (primary N) is 1. The molecule has 2 rings (SSSR count). The first-order valence-electron chi connectivity index (χ1n) is 5.31. The van der Waals surface area contributed by atoms with E-state index in [1.165, 1.54) is 12.1 Å². The van der Waals surface area contributed by atoms with Crippen LogP contribution in [0, 0.1) is 18.6 Å². The Morgan fingerprint density at radius 1 is 1.27 bits per heavy atom. The first kappa shape index (κ1) is 10.6. The summed E-state index contributed by atoms with van der Waals surface area (Å²) >= 11 is 0. The van der Waals surface area contributed by atoms with Gasteiger partial charge in [-0.3, -0.25) is 0 Å². The molecule has 0 saturated heterocycles. The molecule has 1 fully saturated rings. The lowest BCUT2D eigenvalue weighted by Gasteiger charge is -2.18. The first-order chi connectivity index (χ1) is 7.11. The van der Waals surface area contributed by atoms with Crippen LogP contribution in [0.25, 0.3) is 0 Å². The summed E-state index contributed by atoms with van der Waals surface area (Å²) in [5.74, 6) is -1.03. The minimum atomic E-state index is -0.458. The van der Waals surface area contributed by atoms with Gasteiger partial charge in [0.05, 0.1) is 0 Å². The van der Waals surface area contributed by atoms with Crippen LogP contribution < -0.4 is 5.73 Å². The Labute approximate surface area is 88.3 Å². The highest BCUT2D eigenvalue weighted by Gasteiger charge is 2.30. The van der Waals surface area contributed by atoms with Crippen LogP contribution >= 0.6 is 0 Å². The molecule has 1 aliphatic carbocycles. The van der Waals surface area contributed by atoms with Crippen molar-refractivity contribution in [3.05, 3.63) is 34.9 Å². The van der Waals surface area contributed by atoms with Crippen molar-refractivity contribution in [3.8, 4) is 0 Å². The molecule has 1 saturated carbocycles. The summed E-state index contributed by atoms with van der Waals surface area (Å²) in [4.78, 5) is 0. The van der Waals surface area contributed by atoms with Crippen LogP contribution in [0.3, 0.4) is 0 Å². The van der Waals surface area contributed by atoms with E-state index in [1.807, 2.05) is 0 Å². The van der Waals surface area contributed by atoms with Gasteiger partial charge in [-0.2, -0.15) is 0 Å². The summed E-state index contributed by atoms with van der Waals surface area (Å²) in [5, 5.41) is 0. The van der Waals surface area contributed by atoms with Gasteiger partial charge in [0.15, 0.2) is 0 Å². The van der Waals surface area contributed by atoms with E-state index in [1.54, 1.807) is 6.92 Å². The molecular formula is C12H15F2N. The smallest absolute Gasteiger partial charge is 0.132 e. The van der Waals surface area contributed by atoms with Crippen LogP contribution in [0.1, 0.15) is 36.3 Å². The van der Waals surface area contributed by atoms with E-state index in [0.29, 0.717) is 5.56 Å². The van der Waals surface area contributed by atoms with Crippen LogP contribution in [0.15, 0.2) is 12.1 Å². The van der Waals surface area contributed by atoms with E-state index >= 15 is 0 Å². The minimum absolute atomic E-state index is 0.101. The number of halogens is 2. The Kier molecular flexibility index (Phi) is 2.74. The topological polar surface area (TPSA) is 26.0 Å². The summed E-state index contributed by atoms with van der Waals surface area (Å²) in [5.41, 5.74) is 6.55. The average molecular weight is 211 g/mol. The quantitative estimate of drug-likeness (QED) is 0.759. The molecule has 3 heteroatoms. The average Bonchev–Trinajstić information content (AvgIpc) is 2.60. The molecule has 1 aliphatic rings. The minimum Gasteiger partial charge on any atom is -0.327 e. The van der Waals surface area contributed by atoms with Crippen molar-refractivity contribution >= 4 is 0 Å². The molecular weight excluding hydrogens is 196 g/mol. The fourth-order valence-corrected chi connectivity index (χ4v) is 2.37. The van der Waals surface area contributed by atoms with Gasteiger partial charge in [0.1, 0.15) is 11.6 Å². The normalized spacial score (nSPS) is 25.9. The maximum Gasteiger partial charge on any atom is 0.132 e. The molecule has 0 heterocycles. The van der Waals surface area contributed by atoms with Crippen molar-refractivity contribution in [1.29, 1.82) is 0 Å². The number of benzene rings is 1. The molecule has 1 aromatic carbocycles. The molecule has 82 valence electrons. The zero-order valence-electron chi connectivity index (χ0n) is 8.76. The molecule has 0 bridgehead atoms.